The Balaban J connectivity index is 1.46. The van der Waals surface area contributed by atoms with Crippen LogP contribution in [0.25, 0.3) is 11.4 Å². The highest BCUT2D eigenvalue weighted by Gasteiger charge is 2.24. The summed E-state index contributed by atoms with van der Waals surface area (Å²) in [7, 11) is 3.24. The van der Waals surface area contributed by atoms with Crippen LogP contribution in [0.5, 0.6) is 5.75 Å². The fraction of sp³-hybridized carbons (Fsp3) is 0.250. The van der Waals surface area contributed by atoms with Crippen molar-refractivity contribution in [1.29, 1.82) is 0 Å². The molecular weight excluding hydrogens is 476 g/mol. The van der Waals surface area contributed by atoms with Gasteiger partial charge in [-0.25, -0.2) is 9.97 Å². The number of aromatic nitrogens is 6. The van der Waals surface area contributed by atoms with Crippen molar-refractivity contribution in [2.45, 2.75) is 6.10 Å². The van der Waals surface area contributed by atoms with Crippen LogP contribution < -0.4 is 25.6 Å². The maximum atomic E-state index is 12.8. The van der Waals surface area contributed by atoms with Gasteiger partial charge in [0, 0.05) is 37.3 Å². The fourth-order valence-electron chi connectivity index (χ4n) is 3.86. The van der Waals surface area contributed by atoms with Crippen LogP contribution in [0.4, 0.5) is 28.7 Å². The minimum atomic E-state index is -2.73. The summed E-state index contributed by atoms with van der Waals surface area (Å²) in [6.45, 7) is -1.63. The van der Waals surface area contributed by atoms with Gasteiger partial charge in [-0.3, -0.25) is 9.48 Å². The third-order valence-corrected chi connectivity index (χ3v) is 5.68. The molecule has 1 amide bonds. The van der Waals surface area contributed by atoms with Crippen molar-refractivity contribution in [3.63, 3.8) is 0 Å². The Morgan fingerprint density at radius 1 is 1.14 bits per heavy atom. The van der Waals surface area contributed by atoms with Crippen LogP contribution in [0.2, 0.25) is 0 Å². The van der Waals surface area contributed by atoms with Crippen LogP contribution in [-0.2, 0) is 7.05 Å². The zero-order valence-corrected chi connectivity index (χ0v) is 20.0. The molecular formula is C24H26N10O3. The van der Waals surface area contributed by atoms with Gasteiger partial charge >= 0.3 is 0 Å². The third-order valence-electron chi connectivity index (χ3n) is 5.68. The lowest BCUT2D eigenvalue weighted by Crippen LogP contribution is -2.50. The Hall–Kier alpha value is -4.78. The van der Waals surface area contributed by atoms with Crippen LogP contribution in [0.1, 0.15) is 14.6 Å². The molecule has 0 bridgehead atoms. The molecule has 1 fully saturated rings. The summed E-state index contributed by atoms with van der Waals surface area (Å²) >= 11 is 0. The predicted octanol–water partition coefficient (Wildman–Crippen LogP) is 1.70. The smallest absolute Gasteiger partial charge is 0.273 e. The average molecular weight is 506 g/mol. The first-order valence-corrected chi connectivity index (χ1v) is 11.3. The van der Waals surface area contributed by atoms with Crippen LogP contribution in [-0.4, -0.2) is 74.2 Å². The summed E-state index contributed by atoms with van der Waals surface area (Å²) in [5.41, 5.74) is 1.84. The van der Waals surface area contributed by atoms with Gasteiger partial charge < -0.3 is 30.7 Å². The van der Waals surface area contributed by atoms with Crippen molar-refractivity contribution in [2.24, 2.45) is 7.05 Å². The van der Waals surface area contributed by atoms with E-state index in [2.05, 4.69) is 35.9 Å². The molecule has 0 unspecified atom stereocenters. The minimum Gasteiger partial charge on any atom is -0.494 e. The Morgan fingerprint density at radius 3 is 2.68 bits per heavy atom. The summed E-state index contributed by atoms with van der Waals surface area (Å²) in [6.07, 6.45) is 2.89. The highest BCUT2D eigenvalue weighted by Crippen LogP contribution is 2.37. The maximum Gasteiger partial charge on any atom is 0.273 e. The summed E-state index contributed by atoms with van der Waals surface area (Å²) in [4.78, 5) is 23.5. The summed E-state index contributed by atoms with van der Waals surface area (Å²) in [6, 6.07) is 10.4. The number of nitrogens with one attached hydrogen (secondary N) is 3. The molecule has 0 radical (unpaired) electrons. The van der Waals surface area contributed by atoms with Crippen molar-refractivity contribution in [3.05, 3.63) is 54.6 Å². The van der Waals surface area contributed by atoms with Crippen molar-refractivity contribution < 1.29 is 18.8 Å². The van der Waals surface area contributed by atoms with E-state index < -0.39 is 12.9 Å². The van der Waals surface area contributed by atoms with Crippen molar-refractivity contribution in [1.82, 2.24) is 35.3 Å². The number of carbonyl (C=O) groups excluding carboxylic acids is 1. The van der Waals surface area contributed by atoms with Crippen molar-refractivity contribution >= 4 is 34.6 Å². The molecule has 4 N–H and O–H groups in total. The van der Waals surface area contributed by atoms with E-state index in [0.29, 0.717) is 41.7 Å². The number of para-hydroxylation sites is 1. The zero-order valence-electron chi connectivity index (χ0n) is 23.0. The lowest BCUT2D eigenvalue weighted by atomic mass is 10.1. The van der Waals surface area contributed by atoms with Gasteiger partial charge in [0.25, 0.3) is 5.91 Å². The van der Waals surface area contributed by atoms with Crippen molar-refractivity contribution in [2.75, 3.05) is 42.7 Å². The summed E-state index contributed by atoms with van der Waals surface area (Å²) in [5, 5.41) is 30.0. The largest absolute Gasteiger partial charge is 0.494 e. The molecule has 0 spiro atoms. The Kier molecular flexibility index (Phi) is 5.55. The molecule has 13 heteroatoms. The first kappa shape index (κ1) is 20.4. The Bertz CT molecular complexity index is 1520. The number of aliphatic hydroxyl groups is 1. The van der Waals surface area contributed by atoms with Crippen LogP contribution in [0.15, 0.2) is 48.9 Å². The normalized spacial score (nSPS) is 14.7. The number of hydrogen-bond donors (Lipinski definition) is 4. The molecule has 0 aliphatic carbocycles. The predicted molar refractivity (Wildman–Crippen MR) is 137 cm³/mol. The second-order valence-corrected chi connectivity index (χ2v) is 8.28. The number of rotatable bonds is 8. The number of hydrogen-bond acceptors (Lipinski definition) is 11. The highest BCUT2D eigenvalue weighted by atomic mass is 16.5. The molecule has 1 aromatic carbocycles. The van der Waals surface area contributed by atoms with E-state index in [9.17, 15) is 9.90 Å². The van der Waals surface area contributed by atoms with Gasteiger partial charge in [-0.05, 0) is 24.3 Å². The topological polar surface area (TPSA) is 155 Å². The number of nitrogens with zero attached hydrogens (tertiary/aromatic N) is 7. The van der Waals surface area contributed by atoms with E-state index in [0.717, 1.165) is 5.69 Å². The molecule has 1 saturated heterocycles. The number of anilines is 5. The SMILES string of the molecule is [2H]C([2H])([2H])NC(=O)c1nnc(Nc2ccc(N3CC(O)C3)cn2)cc1Nc1cccc(-c2ncn(C)n2)c1OC. The first-order valence-electron chi connectivity index (χ1n) is 12.8. The quantitative estimate of drug-likeness (QED) is 0.276. The van der Waals surface area contributed by atoms with E-state index >= 15 is 0 Å². The summed E-state index contributed by atoms with van der Waals surface area (Å²) < 4.78 is 29.5. The number of methoxy groups -OCH3 is 1. The molecule has 0 atom stereocenters. The number of benzene rings is 1. The van der Waals surface area contributed by atoms with Gasteiger partial charge in [0.1, 0.15) is 12.1 Å². The number of carbonyl (C=O) groups is 1. The number of aryl methyl sites for hydroxylation is 1. The second kappa shape index (κ2) is 10.1. The standard InChI is InChI=1S/C24H26N10O3/c1-25-24(36)21-18(28-17-6-4-5-16(22(17)37-3)23-27-13-33(2)32-23)9-20(30-31-21)29-19-8-7-14(10-26-19)34-11-15(35)12-34/h4-10,13,15,35H,11-12H2,1-3H3,(H,25,36)(H2,26,28,29,30)/i1D3. The van der Waals surface area contributed by atoms with Crippen LogP contribution in [0, 0.1) is 0 Å². The van der Waals surface area contributed by atoms with Crippen LogP contribution in [0.3, 0.4) is 0 Å². The number of aliphatic hydroxyl groups excluding tert-OH is 1. The van der Waals surface area contributed by atoms with E-state index in [1.54, 1.807) is 48.5 Å². The van der Waals surface area contributed by atoms with E-state index in [-0.39, 0.29) is 23.3 Å². The number of pyridine rings is 1. The monoisotopic (exact) mass is 505 g/mol. The molecule has 3 aromatic heterocycles. The Morgan fingerprint density at radius 2 is 2.00 bits per heavy atom. The van der Waals surface area contributed by atoms with Gasteiger partial charge in [0.2, 0.25) is 0 Å². The lowest BCUT2D eigenvalue weighted by molar-refractivity contribution is 0.0958. The van der Waals surface area contributed by atoms with E-state index in [1.807, 2.05) is 16.3 Å². The molecule has 190 valence electrons. The van der Waals surface area contributed by atoms with Gasteiger partial charge in [-0.15, -0.1) is 10.2 Å². The van der Waals surface area contributed by atoms with Gasteiger partial charge in [0.15, 0.2) is 23.1 Å². The second-order valence-electron chi connectivity index (χ2n) is 8.28. The van der Waals surface area contributed by atoms with Crippen LogP contribution >= 0.6 is 0 Å². The first-order chi connectivity index (χ1) is 19.1. The molecule has 5 rings (SSSR count). The zero-order chi connectivity index (χ0) is 28.4. The van der Waals surface area contributed by atoms with Gasteiger partial charge in [-0.1, -0.05) is 6.07 Å². The average Bonchev–Trinajstić information content (AvgIpc) is 3.32. The minimum absolute atomic E-state index is 0.162. The number of β-amino-alcohol motifs (C(OH)–C–C–N with tert-alkyl or cyclic N) is 1. The number of amides is 1. The highest BCUT2D eigenvalue weighted by molar-refractivity contribution is 5.99. The molecule has 1 aliphatic rings. The van der Waals surface area contributed by atoms with Crippen molar-refractivity contribution in [3.8, 4) is 17.1 Å². The third kappa shape index (κ3) is 4.97. The molecule has 13 nitrogen and oxygen atoms in total. The van der Waals surface area contributed by atoms with Gasteiger partial charge in [0.05, 0.1) is 42.0 Å². The molecule has 4 heterocycles. The molecule has 0 saturated carbocycles. The Labute approximate surface area is 216 Å². The lowest BCUT2D eigenvalue weighted by Gasteiger charge is -2.37. The fourth-order valence-corrected chi connectivity index (χ4v) is 3.86. The molecule has 1 aliphatic heterocycles. The van der Waals surface area contributed by atoms with E-state index in [4.69, 9.17) is 8.85 Å². The van der Waals surface area contributed by atoms with E-state index in [1.165, 1.54) is 13.2 Å². The molecule has 37 heavy (non-hydrogen) atoms. The van der Waals surface area contributed by atoms with Gasteiger partial charge in [-0.2, -0.15) is 5.10 Å². The molecule has 4 aromatic rings. The maximum absolute atomic E-state index is 12.8. The number of ether oxygens (including phenoxy) is 1. The summed E-state index contributed by atoms with van der Waals surface area (Å²) in [5.74, 6) is 0.596.